The monoisotopic (exact) mass is 508 g/mol. The third-order valence-electron chi connectivity index (χ3n) is 4.98. The highest BCUT2D eigenvalue weighted by Crippen LogP contribution is 2.36. The Hall–Kier alpha value is -1.56. The number of esters is 1. The number of carbonyl (C=O) groups is 1. The number of rotatable bonds is 5. The van der Waals surface area contributed by atoms with Crippen molar-refractivity contribution in [3.05, 3.63) is 21.3 Å². The van der Waals surface area contributed by atoms with Crippen LogP contribution < -0.4 is 5.32 Å². The van der Waals surface area contributed by atoms with Crippen molar-refractivity contribution in [2.24, 2.45) is 0 Å². The van der Waals surface area contributed by atoms with Crippen molar-refractivity contribution < 1.29 is 23.0 Å². The third-order valence-corrected chi connectivity index (χ3v) is 6.00. The number of fused-ring (bicyclic) bond motifs is 1. The van der Waals surface area contributed by atoms with Crippen molar-refractivity contribution in [2.75, 3.05) is 18.5 Å². The van der Waals surface area contributed by atoms with Gasteiger partial charge in [-0.1, -0.05) is 6.92 Å². The highest BCUT2D eigenvalue weighted by molar-refractivity contribution is 14.1. The SMILES string of the molecule is CC(=O)O[C@@H]1COCC[C@H]1Nc1ncc2c(F)c(I)c(C(C)C(C)(C)F)n2n1. The first-order valence-corrected chi connectivity index (χ1v) is 10.1. The fourth-order valence-electron chi connectivity index (χ4n) is 3.14. The van der Waals surface area contributed by atoms with Crippen LogP contribution in [0.5, 0.6) is 0 Å². The molecule has 1 aliphatic rings. The molecule has 0 radical (unpaired) electrons. The lowest BCUT2D eigenvalue weighted by atomic mass is 9.92. The molecule has 10 heteroatoms. The van der Waals surface area contributed by atoms with Gasteiger partial charge in [0.15, 0.2) is 5.82 Å². The Kier molecular flexibility index (Phi) is 6.08. The molecule has 1 N–H and O–H groups in total. The Bertz CT molecular complexity index is 884. The number of hydrogen-bond donors (Lipinski definition) is 1. The van der Waals surface area contributed by atoms with Crippen LogP contribution >= 0.6 is 22.6 Å². The summed E-state index contributed by atoms with van der Waals surface area (Å²) in [6.07, 6.45) is 1.49. The van der Waals surface area contributed by atoms with Gasteiger partial charge in [-0.3, -0.25) is 4.79 Å². The molecule has 1 fully saturated rings. The zero-order valence-electron chi connectivity index (χ0n) is 16.1. The largest absolute Gasteiger partial charge is 0.458 e. The number of ether oxygens (including phenoxy) is 2. The third kappa shape index (κ3) is 4.22. The first-order valence-electron chi connectivity index (χ1n) is 9.02. The Morgan fingerprint density at radius 3 is 2.89 bits per heavy atom. The fraction of sp³-hybridized carbons (Fsp3) is 0.611. The van der Waals surface area contributed by atoms with Crippen LogP contribution in [0.3, 0.4) is 0 Å². The van der Waals surface area contributed by atoms with Crippen LogP contribution in [0.2, 0.25) is 0 Å². The van der Waals surface area contributed by atoms with Gasteiger partial charge in [-0.2, -0.15) is 0 Å². The first kappa shape index (κ1) is 21.2. The molecule has 1 aliphatic heterocycles. The van der Waals surface area contributed by atoms with Crippen molar-refractivity contribution in [3.8, 4) is 0 Å². The van der Waals surface area contributed by atoms with Crippen LogP contribution in [0.1, 0.15) is 45.7 Å². The molecular weight excluding hydrogens is 485 g/mol. The summed E-state index contributed by atoms with van der Waals surface area (Å²) < 4.78 is 41.6. The Morgan fingerprint density at radius 1 is 1.54 bits per heavy atom. The summed E-state index contributed by atoms with van der Waals surface area (Å²) in [7, 11) is 0. The quantitative estimate of drug-likeness (QED) is 0.493. The van der Waals surface area contributed by atoms with Crippen LogP contribution in [0, 0.1) is 9.39 Å². The summed E-state index contributed by atoms with van der Waals surface area (Å²) in [6.45, 7) is 6.73. The molecule has 2 aromatic rings. The predicted molar refractivity (Wildman–Crippen MR) is 108 cm³/mol. The second-order valence-electron chi connectivity index (χ2n) is 7.44. The zero-order valence-corrected chi connectivity index (χ0v) is 18.3. The number of anilines is 1. The normalized spacial score (nSPS) is 21.5. The van der Waals surface area contributed by atoms with Gasteiger partial charge < -0.3 is 14.8 Å². The van der Waals surface area contributed by atoms with Gasteiger partial charge in [0, 0.05) is 19.4 Å². The van der Waals surface area contributed by atoms with Gasteiger partial charge in [0.25, 0.3) is 0 Å². The minimum absolute atomic E-state index is 0.185. The number of aromatic nitrogens is 3. The van der Waals surface area contributed by atoms with E-state index in [2.05, 4.69) is 15.4 Å². The predicted octanol–water partition coefficient (Wildman–Crippen LogP) is 3.46. The molecule has 0 spiro atoms. The van der Waals surface area contributed by atoms with Crippen molar-refractivity contribution in [1.29, 1.82) is 0 Å². The average molecular weight is 508 g/mol. The number of hydrogen-bond acceptors (Lipinski definition) is 6. The minimum Gasteiger partial charge on any atom is -0.458 e. The molecule has 0 saturated carbocycles. The van der Waals surface area contributed by atoms with Crippen LogP contribution in [0.25, 0.3) is 5.52 Å². The molecule has 1 saturated heterocycles. The van der Waals surface area contributed by atoms with E-state index in [1.807, 2.05) is 22.6 Å². The Labute approximate surface area is 175 Å². The second kappa shape index (κ2) is 8.05. The van der Waals surface area contributed by atoms with Gasteiger partial charge >= 0.3 is 5.97 Å². The van der Waals surface area contributed by atoms with E-state index < -0.39 is 29.5 Å². The molecule has 0 aliphatic carbocycles. The molecule has 0 aromatic carbocycles. The van der Waals surface area contributed by atoms with E-state index in [1.165, 1.54) is 31.5 Å². The lowest BCUT2D eigenvalue weighted by Gasteiger charge is -2.31. The first-order chi connectivity index (χ1) is 13.1. The average Bonchev–Trinajstić information content (AvgIpc) is 2.85. The van der Waals surface area contributed by atoms with Gasteiger partial charge in [0.2, 0.25) is 5.95 Å². The second-order valence-corrected chi connectivity index (χ2v) is 8.52. The van der Waals surface area contributed by atoms with E-state index in [0.29, 0.717) is 22.3 Å². The van der Waals surface area contributed by atoms with E-state index in [0.717, 1.165) is 0 Å². The standard InChI is InChI=1S/C18H23F2IN4O3/c1-9(18(3,4)20)16-15(21)14(19)12-7-22-17(24-25(12)16)23-11-5-6-27-8-13(11)28-10(2)26/h7,9,11,13H,5-6,8H2,1-4H3,(H,23,24)/t9?,11-,13-/m1/s1. The number of carbonyl (C=O) groups excluding carboxylic acids is 1. The van der Waals surface area contributed by atoms with Crippen molar-refractivity contribution in [2.45, 2.75) is 57.8 Å². The van der Waals surface area contributed by atoms with Crippen molar-refractivity contribution in [3.63, 3.8) is 0 Å². The van der Waals surface area contributed by atoms with E-state index in [-0.39, 0.29) is 24.1 Å². The summed E-state index contributed by atoms with van der Waals surface area (Å²) in [5, 5.41) is 7.54. The van der Waals surface area contributed by atoms with Gasteiger partial charge in [0.1, 0.15) is 17.3 Å². The maximum atomic E-state index is 14.6. The van der Waals surface area contributed by atoms with Gasteiger partial charge in [-0.25, -0.2) is 18.3 Å². The smallest absolute Gasteiger partial charge is 0.303 e. The molecule has 3 atom stereocenters. The molecule has 0 amide bonds. The molecule has 3 rings (SSSR count). The maximum Gasteiger partial charge on any atom is 0.303 e. The summed E-state index contributed by atoms with van der Waals surface area (Å²) in [6, 6.07) is -0.243. The van der Waals surface area contributed by atoms with Crippen LogP contribution in [-0.2, 0) is 14.3 Å². The van der Waals surface area contributed by atoms with Gasteiger partial charge in [0.05, 0.1) is 28.1 Å². The summed E-state index contributed by atoms with van der Waals surface area (Å²) in [4.78, 5) is 15.5. The highest BCUT2D eigenvalue weighted by Gasteiger charge is 2.34. The van der Waals surface area contributed by atoms with E-state index >= 15 is 0 Å². The minimum atomic E-state index is -1.56. The lowest BCUT2D eigenvalue weighted by molar-refractivity contribution is -0.153. The fourth-order valence-corrected chi connectivity index (χ4v) is 4.11. The van der Waals surface area contributed by atoms with E-state index in [4.69, 9.17) is 9.47 Å². The van der Waals surface area contributed by atoms with Gasteiger partial charge in [-0.05, 0) is 42.9 Å². The summed E-state index contributed by atoms with van der Waals surface area (Å²) in [5.74, 6) is -1.21. The van der Waals surface area contributed by atoms with E-state index in [1.54, 1.807) is 6.92 Å². The summed E-state index contributed by atoms with van der Waals surface area (Å²) in [5.41, 5.74) is -0.917. The molecule has 0 bridgehead atoms. The topological polar surface area (TPSA) is 77.8 Å². The molecular formula is C18H23F2IN4O3. The van der Waals surface area contributed by atoms with Crippen molar-refractivity contribution >= 4 is 40.0 Å². The Balaban J connectivity index is 1.96. The number of halogens is 3. The molecule has 2 aromatic heterocycles. The molecule has 7 nitrogen and oxygen atoms in total. The summed E-state index contributed by atoms with van der Waals surface area (Å²) >= 11 is 1.87. The lowest BCUT2D eigenvalue weighted by Crippen LogP contribution is -2.44. The molecule has 3 heterocycles. The maximum absolute atomic E-state index is 14.6. The highest BCUT2D eigenvalue weighted by atomic mass is 127. The molecule has 1 unspecified atom stereocenters. The molecule has 154 valence electrons. The van der Waals surface area contributed by atoms with Crippen LogP contribution in [-0.4, -0.2) is 51.6 Å². The van der Waals surface area contributed by atoms with E-state index in [9.17, 15) is 13.6 Å². The number of alkyl halides is 1. The zero-order chi connectivity index (χ0) is 20.6. The van der Waals surface area contributed by atoms with Crippen molar-refractivity contribution in [1.82, 2.24) is 14.6 Å². The molecule has 28 heavy (non-hydrogen) atoms. The van der Waals surface area contributed by atoms with Crippen LogP contribution in [0.15, 0.2) is 6.20 Å². The van der Waals surface area contributed by atoms with Gasteiger partial charge in [-0.15, -0.1) is 5.10 Å². The number of nitrogens with zero attached hydrogens (tertiary/aromatic N) is 3. The Morgan fingerprint density at radius 2 is 2.25 bits per heavy atom. The van der Waals surface area contributed by atoms with Crippen LogP contribution in [0.4, 0.5) is 14.7 Å². The number of nitrogens with one attached hydrogen (secondary N) is 1.